The molecule has 0 bridgehead atoms. The number of rotatable bonds is 4. The molecule has 0 aliphatic heterocycles. The number of nitrogens with zero attached hydrogens (tertiary/aromatic N) is 1. The first-order chi connectivity index (χ1) is 9.76. The maximum absolute atomic E-state index is 12.4. The normalized spacial score (nSPS) is 11.4. The summed E-state index contributed by atoms with van der Waals surface area (Å²) in [5.41, 5.74) is 1.16. The van der Waals surface area contributed by atoms with Crippen molar-refractivity contribution < 1.29 is 17.9 Å². The molecule has 0 radical (unpaired) electrons. The van der Waals surface area contributed by atoms with Crippen LogP contribution < -0.4 is 4.72 Å². The Morgan fingerprint density at radius 2 is 2.10 bits per heavy atom. The summed E-state index contributed by atoms with van der Waals surface area (Å²) in [6.07, 6.45) is 0. The highest BCUT2D eigenvalue weighted by Crippen LogP contribution is 2.33. The Balaban J connectivity index is 2.44. The molecule has 0 spiro atoms. The number of carbonyl (C=O) groups excluding carboxylic acids is 1. The zero-order chi connectivity index (χ0) is 15.8. The van der Waals surface area contributed by atoms with Crippen LogP contribution in [-0.2, 0) is 14.8 Å². The molecule has 0 saturated heterocycles. The van der Waals surface area contributed by atoms with Crippen molar-refractivity contribution in [2.75, 3.05) is 11.8 Å². The average molecular weight is 367 g/mol. The fourth-order valence-corrected chi connectivity index (χ4v) is 5.47. The Morgan fingerprint density at radius 1 is 1.43 bits per heavy atom. The van der Waals surface area contributed by atoms with Gasteiger partial charge in [-0.25, -0.2) is 18.2 Å². The van der Waals surface area contributed by atoms with Crippen LogP contribution in [0.25, 0.3) is 0 Å². The summed E-state index contributed by atoms with van der Waals surface area (Å²) in [7, 11) is -2.62. The number of esters is 1. The van der Waals surface area contributed by atoms with Crippen LogP contribution in [0.1, 0.15) is 20.9 Å². The standard InChI is InChI=1S/C11H11ClN2O4S3/c1-5-4-19-8(9(15)18-3)7(5)14-21(16,17)10-6(2)13-11(12)20-10/h4,14H,1-3H3. The minimum absolute atomic E-state index is 0.0221. The van der Waals surface area contributed by atoms with Gasteiger partial charge < -0.3 is 4.74 Å². The molecule has 0 saturated carbocycles. The molecule has 0 aliphatic rings. The van der Waals surface area contributed by atoms with Gasteiger partial charge in [0.15, 0.2) is 8.68 Å². The zero-order valence-electron chi connectivity index (χ0n) is 11.3. The predicted octanol–water partition coefficient (Wildman–Crippen LogP) is 3.06. The van der Waals surface area contributed by atoms with Crippen LogP contribution in [0.15, 0.2) is 9.59 Å². The highest BCUT2D eigenvalue weighted by atomic mass is 35.5. The van der Waals surface area contributed by atoms with Crippen LogP contribution in [0.2, 0.25) is 4.47 Å². The number of hydrogen-bond acceptors (Lipinski definition) is 7. The van der Waals surface area contributed by atoms with E-state index in [9.17, 15) is 13.2 Å². The lowest BCUT2D eigenvalue weighted by molar-refractivity contribution is 0.0607. The average Bonchev–Trinajstić information content (AvgIpc) is 2.92. The Bertz CT molecular complexity index is 794. The second kappa shape index (κ2) is 5.91. The van der Waals surface area contributed by atoms with E-state index in [1.54, 1.807) is 19.2 Å². The van der Waals surface area contributed by atoms with Crippen LogP contribution in [0, 0.1) is 13.8 Å². The molecule has 0 aliphatic carbocycles. The summed E-state index contributed by atoms with van der Waals surface area (Å²) in [6, 6.07) is 0. The van der Waals surface area contributed by atoms with E-state index in [1.165, 1.54) is 7.11 Å². The molecule has 2 rings (SSSR count). The van der Waals surface area contributed by atoms with E-state index >= 15 is 0 Å². The molecule has 0 aromatic carbocycles. The van der Waals surface area contributed by atoms with Gasteiger partial charge in [0, 0.05) is 0 Å². The van der Waals surface area contributed by atoms with Gasteiger partial charge >= 0.3 is 5.97 Å². The van der Waals surface area contributed by atoms with Crippen molar-refractivity contribution in [3.8, 4) is 0 Å². The molecule has 114 valence electrons. The van der Waals surface area contributed by atoms with Crippen LogP contribution in [0.4, 0.5) is 5.69 Å². The van der Waals surface area contributed by atoms with E-state index < -0.39 is 16.0 Å². The summed E-state index contributed by atoms with van der Waals surface area (Å²) in [5, 5.41) is 1.68. The summed E-state index contributed by atoms with van der Waals surface area (Å²) in [5.74, 6) is -0.593. The van der Waals surface area contributed by atoms with Gasteiger partial charge in [0.1, 0.15) is 4.88 Å². The lowest BCUT2D eigenvalue weighted by Crippen LogP contribution is -2.15. The Hall–Kier alpha value is -1.16. The van der Waals surface area contributed by atoms with Crippen LogP contribution in [-0.4, -0.2) is 26.5 Å². The number of thiazole rings is 1. The van der Waals surface area contributed by atoms with E-state index in [2.05, 4.69) is 14.4 Å². The number of carbonyl (C=O) groups is 1. The third kappa shape index (κ3) is 3.20. The Morgan fingerprint density at radius 3 is 2.62 bits per heavy atom. The lowest BCUT2D eigenvalue weighted by atomic mass is 10.3. The molecule has 0 fully saturated rings. The second-order valence-corrected chi connectivity index (χ2v) is 8.40. The molecular formula is C11H11ClN2O4S3. The molecule has 10 heteroatoms. The zero-order valence-corrected chi connectivity index (χ0v) is 14.5. The number of hydrogen-bond donors (Lipinski definition) is 1. The van der Waals surface area contributed by atoms with Crippen LogP contribution >= 0.6 is 34.3 Å². The molecule has 2 heterocycles. The first kappa shape index (κ1) is 16.2. The Labute approximate surface area is 134 Å². The summed E-state index contributed by atoms with van der Waals surface area (Å²) >= 11 is 7.71. The third-order valence-corrected chi connectivity index (χ3v) is 6.85. The molecule has 2 aromatic rings. The highest BCUT2D eigenvalue weighted by Gasteiger charge is 2.26. The van der Waals surface area contributed by atoms with E-state index in [0.29, 0.717) is 11.3 Å². The molecule has 1 N–H and O–H groups in total. The molecule has 6 nitrogen and oxygen atoms in total. The van der Waals surface area contributed by atoms with Gasteiger partial charge in [0.2, 0.25) is 0 Å². The summed E-state index contributed by atoms with van der Waals surface area (Å²) < 4.78 is 32.0. The van der Waals surface area contributed by atoms with Gasteiger partial charge in [-0.15, -0.1) is 11.3 Å². The fourth-order valence-electron chi connectivity index (χ4n) is 1.59. The second-order valence-electron chi connectivity index (χ2n) is 4.06. The molecule has 0 atom stereocenters. The number of ether oxygens (including phenoxy) is 1. The van der Waals surface area contributed by atoms with Crippen molar-refractivity contribution in [1.82, 2.24) is 4.98 Å². The summed E-state index contributed by atoms with van der Waals surface area (Å²) in [4.78, 5) is 15.7. The SMILES string of the molecule is COC(=O)c1scc(C)c1NS(=O)(=O)c1sc(Cl)nc1C. The van der Waals surface area contributed by atoms with Gasteiger partial charge in [0.25, 0.3) is 10.0 Å². The number of sulfonamides is 1. The number of anilines is 1. The Kier molecular flexibility index (Phi) is 4.57. The molecular weight excluding hydrogens is 356 g/mol. The number of halogens is 1. The van der Waals surface area contributed by atoms with Gasteiger partial charge in [-0.1, -0.05) is 22.9 Å². The first-order valence-corrected chi connectivity index (χ1v) is 9.14. The molecule has 21 heavy (non-hydrogen) atoms. The molecule has 0 amide bonds. The smallest absolute Gasteiger partial charge is 0.350 e. The minimum atomic E-state index is -3.86. The highest BCUT2D eigenvalue weighted by molar-refractivity contribution is 7.94. The number of nitrogens with one attached hydrogen (secondary N) is 1. The fraction of sp³-hybridized carbons (Fsp3) is 0.273. The number of methoxy groups -OCH3 is 1. The van der Waals surface area contributed by atoms with Crippen molar-refractivity contribution in [2.24, 2.45) is 0 Å². The van der Waals surface area contributed by atoms with Crippen molar-refractivity contribution >= 4 is 56.0 Å². The van der Waals surface area contributed by atoms with Crippen molar-refractivity contribution in [2.45, 2.75) is 18.1 Å². The van der Waals surface area contributed by atoms with E-state index in [1.807, 2.05) is 0 Å². The minimum Gasteiger partial charge on any atom is -0.465 e. The van der Waals surface area contributed by atoms with Gasteiger partial charge in [-0.2, -0.15) is 0 Å². The number of aryl methyl sites for hydroxylation is 2. The van der Waals surface area contributed by atoms with Gasteiger partial charge in [-0.3, -0.25) is 4.72 Å². The topological polar surface area (TPSA) is 85.4 Å². The van der Waals surface area contributed by atoms with Crippen LogP contribution in [0.3, 0.4) is 0 Å². The largest absolute Gasteiger partial charge is 0.465 e. The van der Waals surface area contributed by atoms with Gasteiger partial charge in [-0.05, 0) is 24.8 Å². The third-order valence-electron chi connectivity index (χ3n) is 2.55. The lowest BCUT2D eigenvalue weighted by Gasteiger charge is -2.08. The maximum atomic E-state index is 12.4. The van der Waals surface area contributed by atoms with Crippen molar-refractivity contribution in [1.29, 1.82) is 0 Å². The summed E-state index contributed by atoms with van der Waals surface area (Å²) in [6.45, 7) is 3.26. The monoisotopic (exact) mass is 366 g/mol. The number of aromatic nitrogens is 1. The van der Waals surface area contributed by atoms with Gasteiger partial charge in [0.05, 0.1) is 18.5 Å². The number of thiophene rings is 1. The molecule has 0 unspecified atom stereocenters. The van der Waals surface area contributed by atoms with E-state index in [-0.39, 0.29) is 19.2 Å². The van der Waals surface area contributed by atoms with Crippen molar-refractivity contribution in [3.63, 3.8) is 0 Å². The predicted molar refractivity (Wildman–Crippen MR) is 83.1 cm³/mol. The maximum Gasteiger partial charge on any atom is 0.350 e. The molecule has 2 aromatic heterocycles. The van der Waals surface area contributed by atoms with Crippen molar-refractivity contribution in [3.05, 3.63) is 26.0 Å². The van der Waals surface area contributed by atoms with Crippen LogP contribution in [0.5, 0.6) is 0 Å². The quantitative estimate of drug-likeness (QED) is 0.840. The van der Waals surface area contributed by atoms with E-state index in [0.717, 1.165) is 22.7 Å². The van der Waals surface area contributed by atoms with E-state index in [4.69, 9.17) is 11.6 Å². The first-order valence-electron chi connectivity index (χ1n) is 5.58.